The van der Waals surface area contributed by atoms with E-state index in [4.69, 9.17) is 4.74 Å². The largest absolute Gasteiger partial charge is 0.492 e. The first-order valence-corrected chi connectivity index (χ1v) is 7.58. The standard InChI is InChI=1S/C16H17BrN2O/c17-13-4-3-5-14(12-13)20-11-10-19-9-8-18-15-6-1-2-7-16(15)19/h1-7,12,18H,8-11H2. The summed E-state index contributed by atoms with van der Waals surface area (Å²) in [7, 11) is 0. The summed E-state index contributed by atoms with van der Waals surface area (Å²) in [5.74, 6) is 0.905. The molecule has 20 heavy (non-hydrogen) atoms. The van der Waals surface area contributed by atoms with Gasteiger partial charge in [-0.3, -0.25) is 0 Å². The van der Waals surface area contributed by atoms with Crippen molar-refractivity contribution >= 4 is 27.3 Å². The van der Waals surface area contributed by atoms with E-state index in [0.29, 0.717) is 6.61 Å². The highest BCUT2D eigenvalue weighted by Crippen LogP contribution is 2.28. The van der Waals surface area contributed by atoms with Crippen molar-refractivity contribution in [1.82, 2.24) is 0 Å². The van der Waals surface area contributed by atoms with Crippen LogP contribution in [0.2, 0.25) is 0 Å². The van der Waals surface area contributed by atoms with Crippen LogP contribution in [0.1, 0.15) is 0 Å². The van der Waals surface area contributed by atoms with Gasteiger partial charge in [0.25, 0.3) is 0 Å². The molecular formula is C16H17BrN2O. The molecule has 0 radical (unpaired) electrons. The van der Waals surface area contributed by atoms with Crippen LogP contribution in [0.15, 0.2) is 53.0 Å². The SMILES string of the molecule is Brc1cccc(OCCN2CCNc3ccccc32)c1. The summed E-state index contributed by atoms with van der Waals surface area (Å²) in [6.45, 7) is 3.57. The maximum absolute atomic E-state index is 5.81. The highest BCUT2D eigenvalue weighted by atomic mass is 79.9. The normalized spacial score (nSPS) is 13.6. The van der Waals surface area contributed by atoms with E-state index in [9.17, 15) is 0 Å². The molecule has 1 aliphatic rings. The molecule has 1 N–H and O–H groups in total. The van der Waals surface area contributed by atoms with E-state index in [2.05, 4.69) is 50.4 Å². The average Bonchev–Trinajstić information content (AvgIpc) is 2.48. The lowest BCUT2D eigenvalue weighted by Gasteiger charge is -2.31. The van der Waals surface area contributed by atoms with E-state index in [1.54, 1.807) is 0 Å². The topological polar surface area (TPSA) is 24.5 Å². The van der Waals surface area contributed by atoms with Gasteiger partial charge in [0, 0.05) is 17.6 Å². The first-order valence-electron chi connectivity index (χ1n) is 6.79. The third kappa shape index (κ3) is 3.07. The first-order chi connectivity index (χ1) is 9.83. The summed E-state index contributed by atoms with van der Waals surface area (Å²) in [5.41, 5.74) is 2.47. The van der Waals surface area contributed by atoms with Crippen LogP contribution in [0.25, 0.3) is 0 Å². The number of benzene rings is 2. The number of hydrogen-bond donors (Lipinski definition) is 1. The zero-order valence-corrected chi connectivity index (χ0v) is 12.8. The molecule has 0 amide bonds. The summed E-state index contributed by atoms with van der Waals surface area (Å²) in [6.07, 6.45) is 0. The summed E-state index contributed by atoms with van der Waals surface area (Å²) in [6, 6.07) is 16.4. The van der Waals surface area contributed by atoms with Crippen molar-refractivity contribution in [3.8, 4) is 5.75 Å². The van der Waals surface area contributed by atoms with Gasteiger partial charge in [-0.25, -0.2) is 0 Å². The van der Waals surface area contributed by atoms with E-state index < -0.39 is 0 Å². The Hall–Kier alpha value is -1.68. The van der Waals surface area contributed by atoms with Crippen LogP contribution in [0.5, 0.6) is 5.75 Å². The molecule has 1 heterocycles. The lowest BCUT2D eigenvalue weighted by molar-refractivity contribution is 0.323. The smallest absolute Gasteiger partial charge is 0.120 e. The Morgan fingerprint density at radius 3 is 2.95 bits per heavy atom. The van der Waals surface area contributed by atoms with Crippen molar-refractivity contribution < 1.29 is 4.74 Å². The molecule has 0 atom stereocenters. The minimum Gasteiger partial charge on any atom is -0.492 e. The highest BCUT2D eigenvalue weighted by Gasteiger charge is 2.15. The second-order valence-electron chi connectivity index (χ2n) is 4.74. The molecule has 0 fully saturated rings. The highest BCUT2D eigenvalue weighted by molar-refractivity contribution is 9.10. The molecule has 0 aliphatic carbocycles. The molecule has 3 rings (SSSR count). The van der Waals surface area contributed by atoms with E-state index in [1.807, 2.05) is 24.3 Å². The van der Waals surface area contributed by atoms with Crippen LogP contribution in [-0.4, -0.2) is 26.2 Å². The minimum atomic E-state index is 0.685. The quantitative estimate of drug-likeness (QED) is 0.922. The van der Waals surface area contributed by atoms with Crippen molar-refractivity contribution in [3.05, 3.63) is 53.0 Å². The molecular weight excluding hydrogens is 316 g/mol. The predicted molar refractivity (Wildman–Crippen MR) is 86.8 cm³/mol. The van der Waals surface area contributed by atoms with Gasteiger partial charge in [-0.05, 0) is 30.3 Å². The van der Waals surface area contributed by atoms with Crippen LogP contribution in [0, 0.1) is 0 Å². The Morgan fingerprint density at radius 1 is 1.15 bits per heavy atom. The van der Waals surface area contributed by atoms with E-state index in [-0.39, 0.29) is 0 Å². The Kier molecular flexibility index (Phi) is 4.11. The first kappa shape index (κ1) is 13.3. The summed E-state index contributed by atoms with van der Waals surface area (Å²) < 4.78 is 6.86. The molecule has 104 valence electrons. The Bertz CT molecular complexity index is 588. The van der Waals surface area contributed by atoms with Crippen molar-refractivity contribution in [2.75, 3.05) is 36.5 Å². The molecule has 2 aromatic carbocycles. The lowest BCUT2D eigenvalue weighted by Crippen LogP contribution is -2.36. The van der Waals surface area contributed by atoms with Crippen molar-refractivity contribution in [2.45, 2.75) is 0 Å². The Labute approximate surface area is 127 Å². The summed E-state index contributed by atoms with van der Waals surface area (Å²) in [5, 5.41) is 3.42. The number of nitrogens with one attached hydrogen (secondary N) is 1. The maximum Gasteiger partial charge on any atom is 0.120 e. The van der Waals surface area contributed by atoms with Crippen LogP contribution >= 0.6 is 15.9 Å². The van der Waals surface area contributed by atoms with Gasteiger partial charge in [-0.15, -0.1) is 0 Å². The molecule has 4 heteroatoms. The number of fused-ring (bicyclic) bond motifs is 1. The molecule has 0 unspecified atom stereocenters. The van der Waals surface area contributed by atoms with Gasteiger partial charge >= 0.3 is 0 Å². The predicted octanol–water partition coefficient (Wildman–Crippen LogP) is 3.76. The van der Waals surface area contributed by atoms with Gasteiger partial charge in [0.15, 0.2) is 0 Å². The summed E-state index contributed by atoms with van der Waals surface area (Å²) >= 11 is 3.45. The number of hydrogen-bond acceptors (Lipinski definition) is 3. The number of anilines is 2. The van der Waals surface area contributed by atoms with Crippen LogP contribution < -0.4 is 15.0 Å². The van der Waals surface area contributed by atoms with Crippen LogP contribution in [0.4, 0.5) is 11.4 Å². The van der Waals surface area contributed by atoms with Gasteiger partial charge in [-0.2, -0.15) is 0 Å². The van der Waals surface area contributed by atoms with Gasteiger partial charge < -0.3 is 15.0 Å². The fourth-order valence-corrected chi connectivity index (χ4v) is 2.79. The van der Waals surface area contributed by atoms with Crippen molar-refractivity contribution in [3.63, 3.8) is 0 Å². The average molecular weight is 333 g/mol. The van der Waals surface area contributed by atoms with Crippen molar-refractivity contribution in [2.24, 2.45) is 0 Å². The molecule has 1 aliphatic heterocycles. The lowest BCUT2D eigenvalue weighted by atomic mass is 10.2. The fraction of sp³-hybridized carbons (Fsp3) is 0.250. The summed E-state index contributed by atoms with van der Waals surface area (Å²) in [4.78, 5) is 2.36. The van der Waals surface area contributed by atoms with Crippen LogP contribution in [-0.2, 0) is 0 Å². The van der Waals surface area contributed by atoms with Gasteiger partial charge in [-0.1, -0.05) is 34.1 Å². The number of ether oxygens (including phenoxy) is 1. The van der Waals surface area contributed by atoms with E-state index >= 15 is 0 Å². The second-order valence-corrected chi connectivity index (χ2v) is 5.65. The molecule has 0 aromatic heterocycles. The third-order valence-electron chi connectivity index (χ3n) is 3.37. The number of halogens is 1. The fourth-order valence-electron chi connectivity index (χ4n) is 2.41. The van der Waals surface area contributed by atoms with Gasteiger partial charge in [0.1, 0.15) is 12.4 Å². The van der Waals surface area contributed by atoms with E-state index in [0.717, 1.165) is 29.9 Å². The molecule has 0 bridgehead atoms. The molecule has 2 aromatic rings. The Morgan fingerprint density at radius 2 is 2.05 bits per heavy atom. The third-order valence-corrected chi connectivity index (χ3v) is 3.86. The number of para-hydroxylation sites is 2. The molecule has 0 spiro atoms. The van der Waals surface area contributed by atoms with Gasteiger partial charge in [0.05, 0.1) is 17.9 Å². The van der Waals surface area contributed by atoms with Crippen molar-refractivity contribution in [1.29, 1.82) is 0 Å². The van der Waals surface area contributed by atoms with Gasteiger partial charge in [0.2, 0.25) is 0 Å². The molecule has 0 saturated carbocycles. The second kappa shape index (κ2) is 6.18. The number of nitrogens with zero attached hydrogens (tertiary/aromatic N) is 1. The monoisotopic (exact) mass is 332 g/mol. The molecule has 3 nitrogen and oxygen atoms in total. The van der Waals surface area contributed by atoms with Crippen LogP contribution in [0.3, 0.4) is 0 Å². The zero-order valence-electron chi connectivity index (χ0n) is 11.2. The zero-order chi connectivity index (χ0) is 13.8. The van der Waals surface area contributed by atoms with E-state index in [1.165, 1.54) is 11.4 Å². The maximum atomic E-state index is 5.81. The Balaban J connectivity index is 1.60. The number of rotatable bonds is 4. The molecule has 0 saturated heterocycles. The minimum absolute atomic E-state index is 0.685.